The predicted octanol–water partition coefficient (Wildman–Crippen LogP) is 3.20. The average molecular weight is 300 g/mol. The summed E-state index contributed by atoms with van der Waals surface area (Å²) in [5.41, 5.74) is 1.14. The number of Topliss-reactive ketones (excluding diaryl/α,β-unsaturated/α-hetero) is 1. The lowest BCUT2D eigenvalue weighted by molar-refractivity contribution is -0.123. The maximum Gasteiger partial charge on any atom is 0.139 e. The number of rotatable bonds is 5. The number of carbonyl (C=O) groups excluding carboxylic acids is 1. The molecule has 92 valence electrons. The minimum Gasteiger partial charge on any atom is -0.370 e. The number of alkyl halides is 1. The number of ketones is 1. The molecular formula is C13H15BrFNO. The Balaban J connectivity index is 1.82. The first-order chi connectivity index (χ1) is 8.20. The van der Waals surface area contributed by atoms with Crippen LogP contribution in [0.1, 0.15) is 12.8 Å². The quantitative estimate of drug-likeness (QED) is 0.832. The molecular weight excluding hydrogens is 285 g/mol. The summed E-state index contributed by atoms with van der Waals surface area (Å²) in [6, 6.07) is 8.06. The lowest BCUT2D eigenvalue weighted by Gasteiger charge is -2.40. The molecule has 0 aromatic heterocycles. The van der Waals surface area contributed by atoms with E-state index in [4.69, 9.17) is 0 Å². The molecule has 1 aromatic rings. The van der Waals surface area contributed by atoms with Crippen LogP contribution in [0.15, 0.2) is 28.7 Å². The van der Waals surface area contributed by atoms with Gasteiger partial charge in [-0.05, 0) is 30.7 Å². The molecule has 1 saturated heterocycles. The lowest BCUT2D eigenvalue weighted by Crippen LogP contribution is -2.50. The smallest absolute Gasteiger partial charge is 0.139 e. The van der Waals surface area contributed by atoms with Crippen molar-refractivity contribution >= 4 is 27.4 Å². The fourth-order valence-electron chi connectivity index (χ4n) is 1.99. The molecule has 0 amide bonds. The Kier molecular flexibility index (Phi) is 4.15. The van der Waals surface area contributed by atoms with Gasteiger partial charge in [-0.1, -0.05) is 15.9 Å². The average Bonchev–Trinajstić information content (AvgIpc) is 2.27. The third kappa shape index (κ3) is 3.06. The van der Waals surface area contributed by atoms with E-state index in [2.05, 4.69) is 20.8 Å². The van der Waals surface area contributed by atoms with Gasteiger partial charge in [0.15, 0.2) is 0 Å². The second-order valence-electron chi connectivity index (χ2n) is 4.34. The lowest BCUT2D eigenvalue weighted by atomic mass is 9.92. The van der Waals surface area contributed by atoms with Gasteiger partial charge in [0.2, 0.25) is 0 Å². The number of benzene rings is 1. The minimum atomic E-state index is -0.394. The Morgan fingerprint density at radius 3 is 2.59 bits per heavy atom. The third-order valence-electron chi connectivity index (χ3n) is 3.09. The predicted molar refractivity (Wildman–Crippen MR) is 70.1 cm³/mol. The summed E-state index contributed by atoms with van der Waals surface area (Å²) in [6.07, 6.45) is 0.753. The Bertz CT molecular complexity index is 387. The van der Waals surface area contributed by atoms with Gasteiger partial charge in [-0.25, -0.2) is 0 Å². The molecule has 0 bridgehead atoms. The highest BCUT2D eigenvalue weighted by atomic mass is 79.9. The van der Waals surface area contributed by atoms with Crippen molar-refractivity contribution in [3.8, 4) is 0 Å². The van der Waals surface area contributed by atoms with E-state index in [0.29, 0.717) is 12.8 Å². The normalized spacial score (nSPS) is 15.8. The number of nitrogens with zero attached hydrogens (tertiary/aromatic N) is 1. The maximum absolute atomic E-state index is 12.0. The Labute approximate surface area is 109 Å². The first-order valence-corrected chi connectivity index (χ1v) is 6.59. The van der Waals surface area contributed by atoms with E-state index in [1.165, 1.54) is 0 Å². The minimum absolute atomic E-state index is 0.102. The summed E-state index contributed by atoms with van der Waals surface area (Å²) >= 11 is 3.39. The molecule has 17 heavy (non-hydrogen) atoms. The van der Waals surface area contributed by atoms with E-state index in [1.54, 1.807) is 0 Å². The van der Waals surface area contributed by atoms with Crippen LogP contribution in [0, 0.1) is 5.92 Å². The molecule has 0 aliphatic carbocycles. The molecule has 0 spiro atoms. The third-order valence-corrected chi connectivity index (χ3v) is 3.61. The van der Waals surface area contributed by atoms with Crippen LogP contribution in [0.25, 0.3) is 0 Å². The van der Waals surface area contributed by atoms with Crippen molar-refractivity contribution in [3.05, 3.63) is 28.7 Å². The Morgan fingerprint density at radius 1 is 1.35 bits per heavy atom. The topological polar surface area (TPSA) is 20.3 Å². The molecule has 1 heterocycles. The highest BCUT2D eigenvalue weighted by Crippen LogP contribution is 2.27. The highest BCUT2D eigenvalue weighted by molar-refractivity contribution is 9.10. The van der Waals surface area contributed by atoms with Gasteiger partial charge in [0.1, 0.15) is 5.78 Å². The molecule has 0 unspecified atom stereocenters. The second kappa shape index (κ2) is 5.63. The SMILES string of the molecule is O=C(CCCF)C1CN(c2ccc(Br)cc2)C1. The maximum atomic E-state index is 12.0. The van der Waals surface area contributed by atoms with Gasteiger partial charge in [-0.15, -0.1) is 0 Å². The van der Waals surface area contributed by atoms with Gasteiger partial charge in [-0.2, -0.15) is 0 Å². The van der Waals surface area contributed by atoms with Crippen molar-refractivity contribution in [2.45, 2.75) is 12.8 Å². The van der Waals surface area contributed by atoms with Gasteiger partial charge in [0.05, 0.1) is 12.6 Å². The van der Waals surface area contributed by atoms with Gasteiger partial charge in [0, 0.05) is 29.7 Å². The molecule has 2 nitrogen and oxygen atoms in total. The Hall–Kier alpha value is -0.900. The van der Waals surface area contributed by atoms with Crippen LogP contribution >= 0.6 is 15.9 Å². The van der Waals surface area contributed by atoms with Crippen LogP contribution in [-0.2, 0) is 4.79 Å². The Morgan fingerprint density at radius 2 is 2.00 bits per heavy atom. The molecule has 0 atom stereocenters. The number of hydrogen-bond acceptors (Lipinski definition) is 2. The van der Waals surface area contributed by atoms with Crippen molar-refractivity contribution in [1.82, 2.24) is 0 Å². The van der Waals surface area contributed by atoms with Gasteiger partial charge < -0.3 is 4.90 Å². The van der Waals surface area contributed by atoms with E-state index >= 15 is 0 Å². The highest BCUT2D eigenvalue weighted by Gasteiger charge is 2.31. The molecule has 0 N–H and O–H groups in total. The van der Waals surface area contributed by atoms with E-state index in [1.807, 2.05) is 24.3 Å². The fraction of sp³-hybridized carbons (Fsp3) is 0.462. The number of carbonyl (C=O) groups is 1. The van der Waals surface area contributed by atoms with Gasteiger partial charge in [0.25, 0.3) is 0 Å². The summed E-state index contributed by atoms with van der Waals surface area (Å²) in [4.78, 5) is 13.8. The van der Waals surface area contributed by atoms with Crippen LogP contribution in [0.4, 0.5) is 10.1 Å². The number of halogens is 2. The van der Waals surface area contributed by atoms with Crippen LogP contribution in [0.5, 0.6) is 0 Å². The standard InChI is InChI=1S/C13H15BrFNO/c14-11-3-5-12(6-4-11)16-8-10(9-16)13(17)2-1-7-15/h3-6,10H,1-2,7-9H2. The van der Waals surface area contributed by atoms with Crippen molar-refractivity contribution in [2.75, 3.05) is 24.7 Å². The van der Waals surface area contributed by atoms with Crippen molar-refractivity contribution in [2.24, 2.45) is 5.92 Å². The molecule has 0 saturated carbocycles. The van der Waals surface area contributed by atoms with Crippen LogP contribution < -0.4 is 4.90 Å². The first kappa shape index (κ1) is 12.6. The molecule has 1 aliphatic rings. The van der Waals surface area contributed by atoms with E-state index in [0.717, 1.165) is 23.2 Å². The second-order valence-corrected chi connectivity index (χ2v) is 5.25. The summed E-state index contributed by atoms with van der Waals surface area (Å²) in [5, 5.41) is 0. The molecule has 2 rings (SSSR count). The largest absolute Gasteiger partial charge is 0.370 e. The zero-order valence-electron chi connectivity index (χ0n) is 9.53. The summed E-state index contributed by atoms with van der Waals surface area (Å²) in [6.45, 7) is 1.15. The number of hydrogen-bond donors (Lipinski definition) is 0. The van der Waals surface area contributed by atoms with Crippen LogP contribution in [0.3, 0.4) is 0 Å². The van der Waals surface area contributed by atoms with Gasteiger partial charge in [-0.3, -0.25) is 9.18 Å². The first-order valence-electron chi connectivity index (χ1n) is 5.80. The zero-order chi connectivity index (χ0) is 12.3. The summed E-state index contributed by atoms with van der Waals surface area (Å²) < 4.78 is 13.0. The van der Waals surface area contributed by atoms with Gasteiger partial charge >= 0.3 is 0 Å². The monoisotopic (exact) mass is 299 g/mol. The van der Waals surface area contributed by atoms with E-state index < -0.39 is 6.67 Å². The van der Waals surface area contributed by atoms with Crippen molar-refractivity contribution in [1.29, 1.82) is 0 Å². The van der Waals surface area contributed by atoms with E-state index in [9.17, 15) is 9.18 Å². The van der Waals surface area contributed by atoms with Crippen LogP contribution in [-0.4, -0.2) is 25.5 Å². The van der Waals surface area contributed by atoms with Crippen LogP contribution in [0.2, 0.25) is 0 Å². The number of anilines is 1. The molecule has 1 aromatic carbocycles. The fourth-order valence-corrected chi connectivity index (χ4v) is 2.25. The van der Waals surface area contributed by atoms with E-state index in [-0.39, 0.29) is 11.7 Å². The summed E-state index contributed by atoms with van der Waals surface area (Å²) in [5.74, 6) is 0.307. The molecule has 4 heteroatoms. The van der Waals surface area contributed by atoms with Crippen molar-refractivity contribution in [3.63, 3.8) is 0 Å². The molecule has 1 aliphatic heterocycles. The summed E-state index contributed by atoms with van der Waals surface area (Å²) in [7, 11) is 0. The zero-order valence-corrected chi connectivity index (χ0v) is 11.1. The molecule has 1 fully saturated rings. The van der Waals surface area contributed by atoms with Crippen molar-refractivity contribution < 1.29 is 9.18 Å². The molecule has 0 radical (unpaired) electrons.